The maximum Gasteiger partial charge on any atom is 0.00676 e. The Labute approximate surface area is 88.8 Å². The summed E-state index contributed by atoms with van der Waals surface area (Å²) in [5, 5.41) is 0. The van der Waals surface area contributed by atoms with Crippen LogP contribution in [-0.2, 0) is 0 Å². The Balaban J connectivity index is 2.35. The molecular formula is C12H26N2. The van der Waals surface area contributed by atoms with E-state index in [0.717, 1.165) is 19.0 Å². The van der Waals surface area contributed by atoms with Gasteiger partial charge < -0.3 is 10.6 Å². The first-order chi connectivity index (χ1) is 6.55. The topological polar surface area (TPSA) is 29.3 Å². The molecule has 2 heteroatoms. The summed E-state index contributed by atoms with van der Waals surface area (Å²) < 4.78 is 0. The van der Waals surface area contributed by atoms with Crippen LogP contribution >= 0.6 is 0 Å². The van der Waals surface area contributed by atoms with Crippen LogP contribution in [0, 0.1) is 5.41 Å². The predicted molar refractivity (Wildman–Crippen MR) is 62.3 cm³/mol. The molecular weight excluding hydrogens is 172 g/mol. The highest BCUT2D eigenvalue weighted by Gasteiger charge is 2.28. The molecule has 2 N–H and O–H groups in total. The van der Waals surface area contributed by atoms with E-state index in [1.807, 2.05) is 0 Å². The standard InChI is InChI=1S/C12H26N2/c1-11(6-4-8-13)14-9-5-7-12(2,3)10-14/h11H,4-10,13H2,1-3H3. The molecule has 14 heavy (non-hydrogen) atoms. The van der Waals surface area contributed by atoms with Gasteiger partial charge >= 0.3 is 0 Å². The zero-order chi connectivity index (χ0) is 10.6. The first-order valence-electron chi connectivity index (χ1n) is 5.99. The van der Waals surface area contributed by atoms with Gasteiger partial charge in [0.15, 0.2) is 0 Å². The average Bonchev–Trinajstić information content (AvgIpc) is 2.12. The lowest BCUT2D eigenvalue weighted by Crippen LogP contribution is -2.44. The summed E-state index contributed by atoms with van der Waals surface area (Å²) in [5.41, 5.74) is 6.06. The SMILES string of the molecule is CC(CCCN)N1CCCC(C)(C)C1. The van der Waals surface area contributed by atoms with E-state index >= 15 is 0 Å². The summed E-state index contributed by atoms with van der Waals surface area (Å²) in [6.07, 6.45) is 5.16. The maximum atomic E-state index is 5.54. The number of rotatable bonds is 4. The van der Waals surface area contributed by atoms with Gasteiger partial charge in [-0.3, -0.25) is 0 Å². The lowest BCUT2D eigenvalue weighted by molar-refractivity contribution is 0.0807. The molecule has 0 saturated carbocycles. The second kappa shape index (κ2) is 5.13. The van der Waals surface area contributed by atoms with Gasteiger partial charge in [-0.15, -0.1) is 0 Å². The zero-order valence-corrected chi connectivity index (χ0v) is 10.1. The van der Waals surface area contributed by atoms with E-state index in [2.05, 4.69) is 25.7 Å². The van der Waals surface area contributed by atoms with E-state index in [1.54, 1.807) is 0 Å². The second-order valence-electron chi connectivity index (χ2n) is 5.52. The first-order valence-corrected chi connectivity index (χ1v) is 5.99. The number of likely N-dealkylation sites (tertiary alicyclic amines) is 1. The van der Waals surface area contributed by atoms with Crippen LogP contribution < -0.4 is 5.73 Å². The van der Waals surface area contributed by atoms with Crippen LogP contribution in [-0.4, -0.2) is 30.6 Å². The molecule has 0 aromatic heterocycles. The van der Waals surface area contributed by atoms with Gasteiger partial charge in [0.2, 0.25) is 0 Å². The van der Waals surface area contributed by atoms with Gasteiger partial charge in [0.05, 0.1) is 0 Å². The minimum absolute atomic E-state index is 0.523. The third-order valence-corrected chi connectivity index (χ3v) is 3.38. The highest BCUT2D eigenvalue weighted by atomic mass is 15.2. The van der Waals surface area contributed by atoms with Crippen LogP contribution in [0.4, 0.5) is 0 Å². The maximum absolute atomic E-state index is 5.54. The number of piperidine rings is 1. The van der Waals surface area contributed by atoms with Crippen molar-refractivity contribution in [1.82, 2.24) is 4.90 Å². The van der Waals surface area contributed by atoms with Crippen molar-refractivity contribution in [2.24, 2.45) is 11.1 Å². The molecule has 0 aromatic carbocycles. The molecule has 2 nitrogen and oxygen atoms in total. The monoisotopic (exact) mass is 198 g/mol. The number of hydrogen-bond acceptors (Lipinski definition) is 2. The highest BCUT2D eigenvalue weighted by Crippen LogP contribution is 2.29. The Morgan fingerprint density at radius 1 is 1.43 bits per heavy atom. The van der Waals surface area contributed by atoms with Crippen molar-refractivity contribution in [1.29, 1.82) is 0 Å². The van der Waals surface area contributed by atoms with Crippen LogP contribution in [0.25, 0.3) is 0 Å². The molecule has 1 saturated heterocycles. The van der Waals surface area contributed by atoms with Gasteiger partial charge in [0, 0.05) is 12.6 Å². The minimum atomic E-state index is 0.523. The molecule has 1 aliphatic rings. The molecule has 1 fully saturated rings. The summed E-state index contributed by atoms with van der Waals surface area (Å²) in [7, 11) is 0. The Kier molecular flexibility index (Phi) is 4.39. The molecule has 1 atom stereocenters. The van der Waals surface area contributed by atoms with Crippen LogP contribution in [0.3, 0.4) is 0 Å². The summed E-state index contributed by atoms with van der Waals surface area (Å²) >= 11 is 0. The normalized spacial score (nSPS) is 24.9. The second-order valence-corrected chi connectivity index (χ2v) is 5.52. The summed E-state index contributed by atoms with van der Waals surface area (Å²) in [5.74, 6) is 0. The van der Waals surface area contributed by atoms with Gasteiger partial charge in [-0.2, -0.15) is 0 Å². The van der Waals surface area contributed by atoms with E-state index < -0.39 is 0 Å². The minimum Gasteiger partial charge on any atom is -0.330 e. The van der Waals surface area contributed by atoms with Crippen molar-refractivity contribution < 1.29 is 0 Å². The third-order valence-electron chi connectivity index (χ3n) is 3.38. The van der Waals surface area contributed by atoms with Crippen molar-refractivity contribution >= 4 is 0 Å². The fourth-order valence-electron chi connectivity index (χ4n) is 2.44. The molecule has 0 aliphatic carbocycles. The van der Waals surface area contributed by atoms with Crippen LogP contribution in [0.1, 0.15) is 46.5 Å². The Morgan fingerprint density at radius 3 is 2.71 bits per heavy atom. The fourth-order valence-corrected chi connectivity index (χ4v) is 2.44. The van der Waals surface area contributed by atoms with Gasteiger partial charge in [-0.05, 0) is 51.1 Å². The molecule has 1 unspecified atom stereocenters. The third kappa shape index (κ3) is 3.58. The molecule has 0 bridgehead atoms. The van der Waals surface area contributed by atoms with Gasteiger partial charge in [0.25, 0.3) is 0 Å². The molecule has 0 radical (unpaired) electrons. The fraction of sp³-hybridized carbons (Fsp3) is 1.00. The molecule has 1 rings (SSSR count). The van der Waals surface area contributed by atoms with E-state index in [-0.39, 0.29) is 0 Å². The van der Waals surface area contributed by atoms with E-state index in [4.69, 9.17) is 5.73 Å². The molecule has 84 valence electrons. The zero-order valence-electron chi connectivity index (χ0n) is 10.1. The van der Waals surface area contributed by atoms with Crippen molar-refractivity contribution in [2.75, 3.05) is 19.6 Å². The van der Waals surface area contributed by atoms with Crippen LogP contribution in [0.2, 0.25) is 0 Å². The van der Waals surface area contributed by atoms with E-state index in [9.17, 15) is 0 Å². The molecule has 0 aromatic rings. The Bertz CT molecular complexity index is 166. The lowest BCUT2D eigenvalue weighted by Gasteiger charge is -2.41. The average molecular weight is 198 g/mol. The van der Waals surface area contributed by atoms with Crippen LogP contribution in [0.5, 0.6) is 0 Å². The van der Waals surface area contributed by atoms with Crippen molar-refractivity contribution in [3.63, 3.8) is 0 Å². The Hall–Kier alpha value is -0.0800. The predicted octanol–water partition coefficient (Wildman–Crippen LogP) is 2.24. The van der Waals surface area contributed by atoms with Gasteiger partial charge in [-0.25, -0.2) is 0 Å². The highest BCUT2D eigenvalue weighted by molar-refractivity contribution is 4.82. The van der Waals surface area contributed by atoms with Crippen molar-refractivity contribution in [3.8, 4) is 0 Å². The lowest BCUT2D eigenvalue weighted by atomic mass is 9.83. The summed E-state index contributed by atoms with van der Waals surface area (Å²) in [6.45, 7) is 10.5. The first kappa shape index (κ1) is 12.0. The Morgan fingerprint density at radius 2 is 2.14 bits per heavy atom. The smallest absolute Gasteiger partial charge is 0.00676 e. The quantitative estimate of drug-likeness (QED) is 0.750. The number of hydrogen-bond donors (Lipinski definition) is 1. The number of nitrogens with zero attached hydrogens (tertiary/aromatic N) is 1. The summed E-state index contributed by atoms with van der Waals surface area (Å²) in [6, 6.07) is 0.720. The van der Waals surface area contributed by atoms with Crippen molar-refractivity contribution in [3.05, 3.63) is 0 Å². The molecule has 1 aliphatic heterocycles. The largest absolute Gasteiger partial charge is 0.330 e. The molecule has 0 spiro atoms. The van der Waals surface area contributed by atoms with Gasteiger partial charge in [-0.1, -0.05) is 13.8 Å². The molecule has 1 heterocycles. The summed E-state index contributed by atoms with van der Waals surface area (Å²) in [4.78, 5) is 2.64. The van der Waals surface area contributed by atoms with Crippen LogP contribution in [0.15, 0.2) is 0 Å². The van der Waals surface area contributed by atoms with E-state index in [1.165, 1.54) is 32.4 Å². The number of nitrogens with two attached hydrogens (primary N) is 1. The van der Waals surface area contributed by atoms with Crippen molar-refractivity contribution in [2.45, 2.75) is 52.5 Å². The van der Waals surface area contributed by atoms with Gasteiger partial charge in [0.1, 0.15) is 0 Å². The molecule has 0 amide bonds. The van der Waals surface area contributed by atoms with E-state index in [0.29, 0.717) is 5.41 Å².